The van der Waals surface area contributed by atoms with Crippen molar-refractivity contribution in [1.82, 2.24) is 4.90 Å². The van der Waals surface area contributed by atoms with Crippen molar-refractivity contribution in [3.8, 4) is 11.1 Å². The van der Waals surface area contributed by atoms with Crippen LogP contribution in [0.1, 0.15) is 32.8 Å². The van der Waals surface area contributed by atoms with Crippen molar-refractivity contribution in [2.24, 2.45) is 0 Å². The van der Waals surface area contributed by atoms with E-state index in [9.17, 15) is 5.11 Å². The standard InChI is InChI=1S/C20H26BrNO/c1-4-22(5-2)15-14-20(3,23)17-12-10-16(11-13-17)18-8-6-7-9-19(18)21/h6-13,23H,4-5,14-15H2,1-3H3. The van der Waals surface area contributed by atoms with E-state index in [4.69, 9.17) is 0 Å². The van der Waals surface area contributed by atoms with Gasteiger partial charge in [0.2, 0.25) is 0 Å². The van der Waals surface area contributed by atoms with Gasteiger partial charge in [-0.05, 0) is 49.2 Å². The van der Waals surface area contributed by atoms with Gasteiger partial charge in [0, 0.05) is 11.0 Å². The lowest BCUT2D eigenvalue weighted by Gasteiger charge is -2.28. The molecular weight excluding hydrogens is 350 g/mol. The highest BCUT2D eigenvalue weighted by Gasteiger charge is 2.23. The highest BCUT2D eigenvalue weighted by atomic mass is 79.9. The predicted octanol–water partition coefficient (Wildman–Crippen LogP) is 5.06. The Morgan fingerprint density at radius 3 is 2.17 bits per heavy atom. The summed E-state index contributed by atoms with van der Waals surface area (Å²) >= 11 is 3.59. The third-order valence-electron chi connectivity index (χ3n) is 4.50. The molecule has 0 saturated heterocycles. The Balaban J connectivity index is 2.13. The summed E-state index contributed by atoms with van der Waals surface area (Å²) in [5.74, 6) is 0. The lowest BCUT2D eigenvalue weighted by Crippen LogP contribution is -2.31. The van der Waals surface area contributed by atoms with Crippen LogP contribution in [0, 0.1) is 0 Å². The summed E-state index contributed by atoms with van der Waals surface area (Å²) in [4.78, 5) is 2.34. The molecule has 0 amide bonds. The van der Waals surface area contributed by atoms with E-state index in [1.54, 1.807) is 0 Å². The molecule has 0 aliphatic rings. The molecule has 1 N–H and O–H groups in total. The van der Waals surface area contributed by atoms with Crippen molar-refractivity contribution >= 4 is 15.9 Å². The first-order valence-electron chi connectivity index (χ1n) is 8.28. The molecule has 0 aromatic heterocycles. The van der Waals surface area contributed by atoms with Crippen LogP contribution in [0.3, 0.4) is 0 Å². The zero-order valence-corrected chi connectivity index (χ0v) is 15.8. The Hall–Kier alpha value is -1.16. The highest BCUT2D eigenvalue weighted by Crippen LogP contribution is 2.31. The van der Waals surface area contributed by atoms with E-state index in [0.717, 1.165) is 41.7 Å². The van der Waals surface area contributed by atoms with E-state index in [1.807, 2.05) is 37.3 Å². The van der Waals surface area contributed by atoms with Gasteiger partial charge in [-0.3, -0.25) is 0 Å². The minimum atomic E-state index is -0.797. The quantitative estimate of drug-likeness (QED) is 0.731. The van der Waals surface area contributed by atoms with Crippen LogP contribution in [0.5, 0.6) is 0 Å². The molecule has 3 heteroatoms. The third kappa shape index (κ3) is 4.66. The number of hydrogen-bond donors (Lipinski definition) is 1. The first-order valence-corrected chi connectivity index (χ1v) is 9.07. The third-order valence-corrected chi connectivity index (χ3v) is 5.19. The summed E-state index contributed by atoms with van der Waals surface area (Å²) in [6, 6.07) is 16.4. The van der Waals surface area contributed by atoms with Gasteiger partial charge in [0.1, 0.15) is 0 Å². The zero-order valence-electron chi connectivity index (χ0n) is 14.2. The smallest absolute Gasteiger partial charge is 0.0880 e. The van der Waals surface area contributed by atoms with Crippen LogP contribution >= 0.6 is 15.9 Å². The molecule has 2 aromatic rings. The monoisotopic (exact) mass is 375 g/mol. The Labute approximate surface area is 148 Å². The van der Waals surface area contributed by atoms with Gasteiger partial charge in [-0.25, -0.2) is 0 Å². The molecule has 23 heavy (non-hydrogen) atoms. The fourth-order valence-electron chi connectivity index (χ4n) is 2.76. The minimum absolute atomic E-state index is 0.739. The summed E-state index contributed by atoms with van der Waals surface area (Å²) < 4.78 is 1.08. The number of rotatable bonds is 7. The van der Waals surface area contributed by atoms with Crippen molar-refractivity contribution in [3.05, 3.63) is 58.6 Å². The maximum Gasteiger partial charge on any atom is 0.0880 e. The number of benzene rings is 2. The molecule has 1 atom stereocenters. The van der Waals surface area contributed by atoms with Crippen molar-refractivity contribution in [2.45, 2.75) is 32.8 Å². The Kier molecular flexibility index (Phi) is 6.40. The fourth-order valence-corrected chi connectivity index (χ4v) is 3.28. The van der Waals surface area contributed by atoms with E-state index < -0.39 is 5.60 Å². The second kappa shape index (κ2) is 8.09. The SMILES string of the molecule is CCN(CC)CCC(C)(O)c1ccc(-c2ccccc2Br)cc1. The number of nitrogens with zero attached hydrogens (tertiary/aromatic N) is 1. The molecule has 0 bridgehead atoms. The Morgan fingerprint density at radius 1 is 1.00 bits per heavy atom. The lowest BCUT2D eigenvalue weighted by atomic mass is 9.91. The second-order valence-electron chi connectivity index (χ2n) is 6.11. The normalized spacial score (nSPS) is 14.0. The predicted molar refractivity (Wildman–Crippen MR) is 102 cm³/mol. The van der Waals surface area contributed by atoms with Gasteiger partial charge in [-0.2, -0.15) is 0 Å². The second-order valence-corrected chi connectivity index (χ2v) is 6.96. The molecule has 0 aliphatic carbocycles. The summed E-state index contributed by atoms with van der Waals surface area (Å²) in [6.45, 7) is 9.17. The number of halogens is 1. The summed E-state index contributed by atoms with van der Waals surface area (Å²) in [5, 5.41) is 10.8. The van der Waals surface area contributed by atoms with Gasteiger partial charge in [-0.1, -0.05) is 72.2 Å². The van der Waals surface area contributed by atoms with Crippen molar-refractivity contribution in [2.75, 3.05) is 19.6 Å². The highest BCUT2D eigenvalue weighted by molar-refractivity contribution is 9.10. The number of hydrogen-bond acceptors (Lipinski definition) is 2. The Bertz CT molecular complexity index is 618. The summed E-state index contributed by atoms with van der Waals surface area (Å²) in [7, 11) is 0. The van der Waals surface area contributed by atoms with Crippen LogP contribution in [0.4, 0.5) is 0 Å². The van der Waals surface area contributed by atoms with Gasteiger partial charge in [0.15, 0.2) is 0 Å². The molecule has 2 nitrogen and oxygen atoms in total. The van der Waals surface area contributed by atoms with Gasteiger partial charge in [0.25, 0.3) is 0 Å². The minimum Gasteiger partial charge on any atom is -0.385 e. The first-order chi connectivity index (χ1) is 11.0. The van der Waals surface area contributed by atoms with Crippen molar-refractivity contribution in [3.63, 3.8) is 0 Å². The van der Waals surface area contributed by atoms with Crippen LogP contribution in [-0.2, 0) is 5.60 Å². The molecule has 2 rings (SSSR count). The maximum atomic E-state index is 10.8. The zero-order chi connectivity index (χ0) is 16.9. The maximum absolute atomic E-state index is 10.8. The number of aliphatic hydroxyl groups is 1. The van der Waals surface area contributed by atoms with E-state index in [2.05, 4.69) is 52.9 Å². The van der Waals surface area contributed by atoms with E-state index in [1.165, 1.54) is 5.56 Å². The lowest BCUT2D eigenvalue weighted by molar-refractivity contribution is 0.0369. The van der Waals surface area contributed by atoms with E-state index in [0.29, 0.717) is 0 Å². The van der Waals surface area contributed by atoms with Gasteiger partial charge in [0.05, 0.1) is 5.60 Å². The molecule has 0 radical (unpaired) electrons. The molecule has 0 heterocycles. The molecule has 124 valence electrons. The molecule has 2 aromatic carbocycles. The molecule has 0 saturated carbocycles. The molecule has 0 spiro atoms. The largest absolute Gasteiger partial charge is 0.385 e. The average molecular weight is 376 g/mol. The molecule has 1 unspecified atom stereocenters. The van der Waals surface area contributed by atoms with Crippen LogP contribution < -0.4 is 0 Å². The average Bonchev–Trinajstić information content (AvgIpc) is 2.56. The van der Waals surface area contributed by atoms with Crippen molar-refractivity contribution in [1.29, 1.82) is 0 Å². The molecule has 0 fully saturated rings. The fraction of sp³-hybridized carbons (Fsp3) is 0.400. The van der Waals surface area contributed by atoms with Gasteiger partial charge in [-0.15, -0.1) is 0 Å². The summed E-state index contributed by atoms with van der Waals surface area (Å²) in [6.07, 6.45) is 0.739. The van der Waals surface area contributed by atoms with Crippen LogP contribution in [-0.4, -0.2) is 29.6 Å². The van der Waals surface area contributed by atoms with Gasteiger partial charge >= 0.3 is 0 Å². The molecular formula is C20H26BrNO. The first kappa shape index (κ1) is 18.2. The van der Waals surface area contributed by atoms with Gasteiger partial charge < -0.3 is 10.0 Å². The van der Waals surface area contributed by atoms with Crippen LogP contribution in [0.15, 0.2) is 53.0 Å². The Morgan fingerprint density at radius 2 is 1.61 bits per heavy atom. The van der Waals surface area contributed by atoms with E-state index >= 15 is 0 Å². The van der Waals surface area contributed by atoms with E-state index in [-0.39, 0.29) is 0 Å². The summed E-state index contributed by atoms with van der Waals surface area (Å²) in [5.41, 5.74) is 2.50. The topological polar surface area (TPSA) is 23.5 Å². The van der Waals surface area contributed by atoms with Crippen molar-refractivity contribution < 1.29 is 5.11 Å². The van der Waals surface area contributed by atoms with Crippen LogP contribution in [0.2, 0.25) is 0 Å². The van der Waals surface area contributed by atoms with Crippen LogP contribution in [0.25, 0.3) is 11.1 Å². The molecule has 0 aliphatic heterocycles.